The lowest BCUT2D eigenvalue weighted by Crippen LogP contribution is -2.69. The molecular weight excluding hydrogens is 1050 g/mol. The number of amides is 2. The van der Waals surface area contributed by atoms with Gasteiger partial charge in [0.05, 0.1) is 24.2 Å². The van der Waals surface area contributed by atoms with E-state index in [2.05, 4.69) is 153 Å². The number of nitrogens with zero attached hydrogens (tertiary/aromatic N) is 2. The minimum absolute atomic E-state index is 0.0676. The fourth-order valence-electron chi connectivity index (χ4n) is 8.15. The molecule has 430 valence electrons. The molecule has 1 fully saturated rings. The van der Waals surface area contributed by atoms with Gasteiger partial charge >= 0.3 is 17.9 Å². The number of nitro groups is 1. The molecule has 1 aliphatic heterocycles. The van der Waals surface area contributed by atoms with Crippen LogP contribution in [0.2, 0.25) is 72.5 Å². The Kier molecular flexibility index (Phi) is 19.9. The van der Waals surface area contributed by atoms with Gasteiger partial charge in [-0.25, -0.2) is 9.59 Å². The number of carbonyl (C=O) groups is 2. The van der Waals surface area contributed by atoms with Crippen LogP contribution >= 0.6 is 0 Å². The molecule has 2 amide bonds. The number of likely N-dealkylation sites (N-methyl/N-ethyl adjacent to an activating group) is 1. The van der Waals surface area contributed by atoms with Crippen LogP contribution in [0.15, 0.2) is 66.7 Å². The van der Waals surface area contributed by atoms with E-state index in [0.29, 0.717) is 5.56 Å². The predicted octanol–water partition coefficient (Wildman–Crippen LogP) is 13.4. The van der Waals surface area contributed by atoms with Crippen molar-refractivity contribution in [3.8, 4) is 16.9 Å². The molecule has 16 nitrogen and oxygen atoms in total. The molecule has 0 radical (unpaired) electrons. The van der Waals surface area contributed by atoms with Crippen molar-refractivity contribution in [3.63, 3.8) is 0 Å². The zero-order chi connectivity index (χ0) is 58.1. The summed E-state index contributed by atoms with van der Waals surface area (Å²) in [6, 6.07) is 20.5. The Labute approximate surface area is 464 Å². The van der Waals surface area contributed by atoms with Crippen LogP contribution in [0.25, 0.3) is 11.1 Å². The number of hydrogen-bond acceptors (Lipinski definition) is 13. The van der Waals surface area contributed by atoms with Gasteiger partial charge in [-0.2, -0.15) is 0 Å². The van der Waals surface area contributed by atoms with E-state index >= 15 is 0 Å². The van der Waals surface area contributed by atoms with Gasteiger partial charge in [-0.1, -0.05) is 138 Å². The highest BCUT2D eigenvalue weighted by molar-refractivity contribution is 6.75. The van der Waals surface area contributed by atoms with Crippen molar-refractivity contribution in [2.75, 3.05) is 33.4 Å². The van der Waals surface area contributed by atoms with Crippen molar-refractivity contribution >= 4 is 51.1 Å². The summed E-state index contributed by atoms with van der Waals surface area (Å²) in [4.78, 5) is 39.7. The van der Waals surface area contributed by atoms with Crippen molar-refractivity contribution in [3.05, 3.63) is 93.5 Å². The first-order valence-electron chi connectivity index (χ1n) is 27.1. The van der Waals surface area contributed by atoms with E-state index in [4.69, 9.17) is 36.7 Å². The SMILES string of the molecule is CN(CC(O)CNC(=O)OCC1c2ccccc2-c2ccccc21)C(=O)OCc1ccc(O[C@@H]2OC(CO[Si](C)(C)C(C)(C)C)[C@@H](O[Si](C)(C)C(C)(C)C)C(O[Si](C)(C)C(C)(C)C)[C@@H]2O[Si](C)(C)C(C)(C)C)c([N+](=O)[O-])c1. The average Bonchev–Trinajstić information content (AvgIpc) is 3.62. The third kappa shape index (κ3) is 15.5. The van der Waals surface area contributed by atoms with Crippen molar-refractivity contribution in [2.45, 2.75) is 205 Å². The molecule has 3 unspecified atom stereocenters. The number of alkyl carbamates (subject to hydrolysis) is 1. The molecule has 1 heterocycles. The molecule has 20 heteroatoms. The predicted molar refractivity (Wildman–Crippen MR) is 314 cm³/mol. The van der Waals surface area contributed by atoms with E-state index in [0.717, 1.165) is 27.2 Å². The number of nitro benzene ring substituents is 1. The van der Waals surface area contributed by atoms with Gasteiger partial charge in [0.25, 0.3) is 0 Å². The zero-order valence-corrected chi connectivity index (χ0v) is 54.2. The van der Waals surface area contributed by atoms with Crippen LogP contribution in [-0.4, -0.2) is 131 Å². The van der Waals surface area contributed by atoms with Crippen LogP contribution in [0.5, 0.6) is 5.75 Å². The largest absolute Gasteiger partial charge is 0.455 e. The van der Waals surface area contributed by atoms with Crippen LogP contribution < -0.4 is 10.1 Å². The second-order valence-electron chi connectivity index (χ2n) is 27.1. The number of rotatable bonds is 20. The van der Waals surface area contributed by atoms with E-state index in [9.17, 15) is 24.8 Å². The Morgan fingerprint density at radius 1 is 0.688 bits per heavy atom. The Bertz CT molecular complexity index is 2490. The van der Waals surface area contributed by atoms with Crippen LogP contribution in [-0.2, 0) is 38.5 Å². The van der Waals surface area contributed by atoms with E-state index in [1.807, 2.05) is 36.4 Å². The van der Waals surface area contributed by atoms with Crippen LogP contribution in [0, 0.1) is 10.1 Å². The van der Waals surface area contributed by atoms with Gasteiger partial charge < -0.3 is 52.0 Å². The van der Waals surface area contributed by atoms with Crippen molar-refractivity contribution in [1.29, 1.82) is 0 Å². The number of fused-ring (bicyclic) bond motifs is 3. The average molecular weight is 1140 g/mol. The molecule has 3 aromatic carbocycles. The number of benzene rings is 3. The highest BCUT2D eigenvalue weighted by atomic mass is 28.4. The quantitative estimate of drug-likeness (QED) is 0.0619. The number of carbonyl (C=O) groups excluding carboxylic acids is 2. The van der Waals surface area contributed by atoms with E-state index < -0.39 is 87.2 Å². The lowest BCUT2D eigenvalue weighted by molar-refractivity contribution is -0.387. The molecule has 0 aromatic heterocycles. The van der Waals surface area contributed by atoms with Gasteiger partial charge in [0, 0.05) is 25.6 Å². The highest BCUT2D eigenvalue weighted by Gasteiger charge is 2.58. The molecule has 0 spiro atoms. The van der Waals surface area contributed by atoms with Gasteiger partial charge in [-0.05, 0) is 106 Å². The summed E-state index contributed by atoms with van der Waals surface area (Å²) < 4.78 is 54.5. The lowest BCUT2D eigenvalue weighted by atomic mass is 9.98. The maximum Gasteiger partial charge on any atom is 0.409 e. The van der Waals surface area contributed by atoms with Gasteiger partial charge in [0.1, 0.15) is 37.6 Å². The Morgan fingerprint density at radius 3 is 1.66 bits per heavy atom. The van der Waals surface area contributed by atoms with E-state index in [1.165, 1.54) is 19.2 Å². The van der Waals surface area contributed by atoms with Crippen LogP contribution in [0.1, 0.15) is 106 Å². The van der Waals surface area contributed by atoms with Crippen LogP contribution in [0.4, 0.5) is 15.3 Å². The summed E-state index contributed by atoms with van der Waals surface area (Å²) >= 11 is 0. The molecule has 2 aliphatic rings. The molecule has 2 N–H and O–H groups in total. The molecule has 1 aliphatic carbocycles. The summed E-state index contributed by atoms with van der Waals surface area (Å²) in [5, 5.41) is 25.6. The first-order valence-corrected chi connectivity index (χ1v) is 38.7. The molecule has 5 rings (SSSR count). The maximum atomic E-state index is 13.2. The zero-order valence-electron chi connectivity index (χ0n) is 50.2. The third-order valence-corrected chi connectivity index (χ3v) is 35.1. The minimum Gasteiger partial charge on any atom is -0.455 e. The smallest absolute Gasteiger partial charge is 0.409 e. The summed E-state index contributed by atoms with van der Waals surface area (Å²) in [5.74, 6) is -0.191. The highest BCUT2D eigenvalue weighted by Crippen LogP contribution is 2.48. The Morgan fingerprint density at radius 2 is 1.17 bits per heavy atom. The second-order valence-corrected chi connectivity index (χ2v) is 46.2. The lowest BCUT2D eigenvalue weighted by Gasteiger charge is -2.54. The number of aliphatic hydroxyl groups is 1. The van der Waals surface area contributed by atoms with E-state index in [-0.39, 0.29) is 70.4 Å². The van der Waals surface area contributed by atoms with Crippen molar-refractivity contribution < 1.29 is 56.3 Å². The molecule has 3 aromatic rings. The van der Waals surface area contributed by atoms with Gasteiger partial charge in [0.2, 0.25) is 6.29 Å². The third-order valence-electron chi connectivity index (χ3n) is 17.2. The minimum atomic E-state index is -2.68. The van der Waals surface area contributed by atoms with Crippen molar-refractivity contribution in [1.82, 2.24) is 10.2 Å². The summed E-state index contributed by atoms with van der Waals surface area (Å²) in [6.45, 7) is 43.4. The van der Waals surface area contributed by atoms with Crippen molar-refractivity contribution in [2.24, 2.45) is 0 Å². The Hall–Kier alpha value is -3.97. The fourth-order valence-corrected chi connectivity index (χ4v) is 13.1. The normalized spacial score (nSPS) is 20.2. The molecular formula is C57H93N3O13Si4. The van der Waals surface area contributed by atoms with Gasteiger partial charge in [0.15, 0.2) is 39.0 Å². The Balaban J connectivity index is 1.36. The summed E-state index contributed by atoms with van der Waals surface area (Å²) in [6.07, 6.45) is -6.81. The molecule has 77 heavy (non-hydrogen) atoms. The topological polar surface area (TPSA) is 187 Å². The number of ether oxygens (including phenoxy) is 4. The monoisotopic (exact) mass is 1140 g/mol. The van der Waals surface area contributed by atoms with Gasteiger partial charge in [-0.15, -0.1) is 0 Å². The first kappa shape index (κ1) is 63.9. The number of aliphatic hydroxyl groups excluding tert-OH is 1. The summed E-state index contributed by atoms with van der Waals surface area (Å²) in [5.41, 5.74) is 4.33. The van der Waals surface area contributed by atoms with Crippen LogP contribution in [0.3, 0.4) is 0 Å². The molecule has 6 atom stereocenters. The second kappa shape index (κ2) is 24.0. The van der Waals surface area contributed by atoms with Gasteiger partial charge in [-0.3, -0.25) is 10.1 Å². The maximum absolute atomic E-state index is 13.2. The summed E-state index contributed by atoms with van der Waals surface area (Å²) in [7, 11) is -8.78. The standard InChI is InChI=1S/C57H93N3O13Si4/c1-54(2,3)74(14,15)68-37-47-48(71-75(16,17)55(4,5)6)49(72-76(18,19)56(7,8)9)50(73-77(20,21)57(10,11)12)51(70-47)69-46-31-30-38(32-45(46)60(64)65)35-67-53(63)59(13)34-39(61)33-58-52(62)66-36-44-42-28-24-22-26-40(42)41-27-23-25-29-43(41)44/h22-32,39,44,47-51,61H,33-37H2,1-21H3,(H,58,62)/t39?,47?,48-,49?,50+,51-/m1/s1. The fraction of sp³-hybridized carbons (Fsp3) is 0.649. The first-order chi connectivity index (χ1) is 35.2. The molecule has 1 saturated heterocycles. The van der Waals surface area contributed by atoms with E-state index in [1.54, 1.807) is 6.07 Å². The molecule has 0 saturated carbocycles. The number of hydrogen-bond donors (Lipinski definition) is 2. The molecule has 0 bridgehead atoms. The number of nitrogens with one attached hydrogen (secondary N) is 1.